The topological polar surface area (TPSA) is 37.8 Å². The standard InChI is InChI=1S/C16H9ClFN3/c1-2-10-3-5-12-15(7-10)19-9-20-16(12)21-11-4-6-14(18)13(17)8-11/h1,3-9H,(H,19,20,21). The summed E-state index contributed by atoms with van der Waals surface area (Å²) in [6, 6.07) is 9.85. The van der Waals surface area contributed by atoms with Crippen LogP contribution >= 0.6 is 11.6 Å². The first-order chi connectivity index (χ1) is 10.2. The van der Waals surface area contributed by atoms with Crippen LogP contribution in [0.1, 0.15) is 5.56 Å². The molecule has 0 aliphatic carbocycles. The molecule has 0 radical (unpaired) electrons. The molecule has 1 aromatic heterocycles. The van der Waals surface area contributed by atoms with Gasteiger partial charge in [0.2, 0.25) is 0 Å². The van der Waals surface area contributed by atoms with Gasteiger partial charge in [-0.1, -0.05) is 17.5 Å². The summed E-state index contributed by atoms with van der Waals surface area (Å²) < 4.78 is 13.2. The number of anilines is 2. The smallest absolute Gasteiger partial charge is 0.141 e. The van der Waals surface area contributed by atoms with E-state index in [0.29, 0.717) is 11.5 Å². The van der Waals surface area contributed by atoms with Crippen molar-refractivity contribution >= 4 is 34.0 Å². The van der Waals surface area contributed by atoms with E-state index < -0.39 is 5.82 Å². The highest BCUT2D eigenvalue weighted by Crippen LogP contribution is 2.26. The van der Waals surface area contributed by atoms with Crippen LogP contribution in [0.2, 0.25) is 5.02 Å². The van der Waals surface area contributed by atoms with Gasteiger partial charge in [-0.2, -0.15) is 0 Å². The van der Waals surface area contributed by atoms with Crippen molar-refractivity contribution in [2.45, 2.75) is 0 Å². The fourth-order valence-electron chi connectivity index (χ4n) is 1.96. The Kier molecular flexibility index (Phi) is 3.43. The predicted octanol–water partition coefficient (Wildman–Crippen LogP) is 4.15. The van der Waals surface area contributed by atoms with Gasteiger partial charge in [0.1, 0.15) is 18.0 Å². The molecule has 21 heavy (non-hydrogen) atoms. The minimum Gasteiger partial charge on any atom is -0.340 e. The van der Waals surface area contributed by atoms with E-state index in [1.165, 1.54) is 18.5 Å². The molecular formula is C16H9ClFN3. The van der Waals surface area contributed by atoms with Crippen LogP contribution in [-0.2, 0) is 0 Å². The second kappa shape index (κ2) is 5.39. The van der Waals surface area contributed by atoms with E-state index in [-0.39, 0.29) is 5.02 Å². The number of hydrogen-bond donors (Lipinski definition) is 1. The second-order valence-corrected chi connectivity index (χ2v) is 4.76. The summed E-state index contributed by atoms with van der Waals surface area (Å²) in [6.45, 7) is 0. The quantitative estimate of drug-likeness (QED) is 0.722. The normalized spacial score (nSPS) is 10.3. The fraction of sp³-hybridized carbons (Fsp3) is 0. The molecule has 5 heteroatoms. The molecule has 0 bridgehead atoms. The van der Waals surface area contributed by atoms with Crippen molar-refractivity contribution in [1.29, 1.82) is 0 Å². The van der Waals surface area contributed by atoms with Crippen molar-refractivity contribution in [3.63, 3.8) is 0 Å². The molecule has 0 aliphatic heterocycles. The number of halogens is 2. The van der Waals surface area contributed by atoms with E-state index in [1.807, 2.05) is 12.1 Å². The summed E-state index contributed by atoms with van der Waals surface area (Å²) in [7, 11) is 0. The zero-order valence-electron chi connectivity index (χ0n) is 10.8. The Bertz CT molecular complexity index is 871. The minimum atomic E-state index is -0.464. The maximum Gasteiger partial charge on any atom is 0.141 e. The van der Waals surface area contributed by atoms with Crippen LogP contribution < -0.4 is 5.32 Å². The lowest BCUT2D eigenvalue weighted by Gasteiger charge is -2.09. The first-order valence-electron chi connectivity index (χ1n) is 6.11. The van der Waals surface area contributed by atoms with Crippen molar-refractivity contribution in [2.75, 3.05) is 5.32 Å². The van der Waals surface area contributed by atoms with Crippen molar-refractivity contribution in [3.05, 3.63) is 59.1 Å². The van der Waals surface area contributed by atoms with E-state index in [4.69, 9.17) is 18.0 Å². The van der Waals surface area contributed by atoms with E-state index in [9.17, 15) is 4.39 Å². The summed E-state index contributed by atoms with van der Waals surface area (Å²) >= 11 is 5.77. The first kappa shape index (κ1) is 13.3. The molecule has 102 valence electrons. The van der Waals surface area contributed by atoms with Crippen LogP contribution in [0, 0.1) is 18.2 Å². The molecule has 3 rings (SSSR count). The average Bonchev–Trinajstić information content (AvgIpc) is 2.50. The number of hydrogen-bond acceptors (Lipinski definition) is 3. The molecule has 1 N–H and O–H groups in total. The van der Waals surface area contributed by atoms with E-state index in [1.54, 1.807) is 12.1 Å². The maximum absolute atomic E-state index is 13.2. The lowest BCUT2D eigenvalue weighted by molar-refractivity contribution is 0.628. The molecule has 0 saturated carbocycles. The number of rotatable bonds is 2. The molecule has 0 unspecified atom stereocenters. The molecule has 0 aliphatic rings. The lowest BCUT2D eigenvalue weighted by Crippen LogP contribution is -1.96. The monoisotopic (exact) mass is 297 g/mol. The van der Waals surface area contributed by atoms with Gasteiger partial charge in [0, 0.05) is 16.6 Å². The molecule has 0 atom stereocenters. The summed E-state index contributed by atoms with van der Waals surface area (Å²) in [4.78, 5) is 8.39. The van der Waals surface area contributed by atoms with Crippen LogP contribution in [0.25, 0.3) is 10.9 Å². The third kappa shape index (κ3) is 2.64. The third-order valence-corrected chi connectivity index (χ3v) is 3.28. The predicted molar refractivity (Wildman–Crippen MR) is 82.2 cm³/mol. The Hall–Kier alpha value is -2.64. The molecule has 3 aromatic rings. The largest absolute Gasteiger partial charge is 0.340 e. The number of benzene rings is 2. The highest BCUT2D eigenvalue weighted by atomic mass is 35.5. The molecule has 2 aromatic carbocycles. The lowest BCUT2D eigenvalue weighted by atomic mass is 10.1. The molecule has 1 heterocycles. The van der Waals surface area contributed by atoms with Gasteiger partial charge in [0.25, 0.3) is 0 Å². The second-order valence-electron chi connectivity index (χ2n) is 4.35. The fourth-order valence-corrected chi connectivity index (χ4v) is 2.14. The minimum absolute atomic E-state index is 0.0491. The number of nitrogens with one attached hydrogen (secondary N) is 1. The highest BCUT2D eigenvalue weighted by molar-refractivity contribution is 6.31. The summed E-state index contributed by atoms with van der Waals surface area (Å²) in [6.07, 6.45) is 6.81. The molecule has 0 spiro atoms. The number of aromatic nitrogens is 2. The van der Waals surface area contributed by atoms with E-state index in [0.717, 1.165) is 16.5 Å². The molecule has 0 fully saturated rings. The number of fused-ring (bicyclic) bond motifs is 1. The van der Waals surface area contributed by atoms with Crippen molar-refractivity contribution < 1.29 is 4.39 Å². The molecule has 3 nitrogen and oxygen atoms in total. The van der Waals surface area contributed by atoms with Gasteiger partial charge in [0.05, 0.1) is 10.5 Å². The van der Waals surface area contributed by atoms with Crippen LogP contribution in [0.4, 0.5) is 15.9 Å². The Labute approximate surface area is 125 Å². The highest BCUT2D eigenvalue weighted by Gasteiger charge is 2.06. The molecule has 0 saturated heterocycles. The van der Waals surface area contributed by atoms with Crippen molar-refractivity contribution in [3.8, 4) is 12.3 Å². The van der Waals surface area contributed by atoms with Gasteiger partial charge < -0.3 is 5.32 Å². The number of nitrogens with zero attached hydrogens (tertiary/aromatic N) is 2. The molecular weight excluding hydrogens is 289 g/mol. The third-order valence-electron chi connectivity index (χ3n) is 2.99. The average molecular weight is 298 g/mol. The SMILES string of the molecule is C#Cc1ccc2c(Nc3ccc(F)c(Cl)c3)ncnc2c1. The van der Waals surface area contributed by atoms with Crippen LogP contribution in [-0.4, -0.2) is 9.97 Å². The van der Waals surface area contributed by atoms with Crippen LogP contribution in [0.15, 0.2) is 42.7 Å². The Balaban J connectivity index is 2.04. The van der Waals surface area contributed by atoms with Gasteiger partial charge in [-0.3, -0.25) is 0 Å². The molecule has 0 amide bonds. The summed E-state index contributed by atoms with van der Waals surface area (Å²) in [5.74, 6) is 2.70. The Morgan fingerprint density at radius 3 is 2.76 bits per heavy atom. The first-order valence-corrected chi connectivity index (χ1v) is 6.48. The number of terminal acetylenes is 1. The Morgan fingerprint density at radius 2 is 2.00 bits per heavy atom. The van der Waals surface area contributed by atoms with Crippen molar-refractivity contribution in [2.24, 2.45) is 0 Å². The van der Waals surface area contributed by atoms with Gasteiger partial charge in [0.15, 0.2) is 0 Å². The van der Waals surface area contributed by atoms with Gasteiger partial charge in [-0.15, -0.1) is 6.42 Å². The van der Waals surface area contributed by atoms with Gasteiger partial charge in [-0.05, 0) is 36.4 Å². The van der Waals surface area contributed by atoms with Crippen molar-refractivity contribution in [1.82, 2.24) is 9.97 Å². The van der Waals surface area contributed by atoms with Gasteiger partial charge in [-0.25, -0.2) is 14.4 Å². The zero-order chi connectivity index (χ0) is 14.8. The van der Waals surface area contributed by atoms with E-state index >= 15 is 0 Å². The van der Waals surface area contributed by atoms with Gasteiger partial charge >= 0.3 is 0 Å². The van der Waals surface area contributed by atoms with Crippen LogP contribution in [0.3, 0.4) is 0 Å². The summed E-state index contributed by atoms with van der Waals surface area (Å²) in [5.41, 5.74) is 2.12. The Morgan fingerprint density at radius 1 is 1.14 bits per heavy atom. The zero-order valence-corrected chi connectivity index (χ0v) is 11.5. The van der Waals surface area contributed by atoms with E-state index in [2.05, 4.69) is 21.2 Å². The summed E-state index contributed by atoms with van der Waals surface area (Å²) in [5, 5.41) is 3.96. The van der Waals surface area contributed by atoms with Crippen LogP contribution in [0.5, 0.6) is 0 Å². The maximum atomic E-state index is 13.2.